The van der Waals surface area contributed by atoms with Gasteiger partial charge in [0.05, 0.1) is 18.3 Å². The molecule has 0 fully saturated rings. The van der Waals surface area contributed by atoms with Crippen molar-refractivity contribution in [2.45, 2.75) is 52.9 Å². The summed E-state index contributed by atoms with van der Waals surface area (Å²) in [5, 5.41) is 0. The van der Waals surface area contributed by atoms with Gasteiger partial charge in [0.15, 0.2) is 0 Å². The first-order valence-electron chi connectivity index (χ1n) is 11.2. The Bertz CT molecular complexity index is 1260. The van der Waals surface area contributed by atoms with E-state index in [0.717, 1.165) is 12.2 Å². The van der Waals surface area contributed by atoms with E-state index in [2.05, 4.69) is 109 Å². The maximum atomic E-state index is 4.59. The van der Waals surface area contributed by atoms with E-state index in [1.165, 1.54) is 45.0 Å². The number of nitrogens with zero attached hydrogens (tertiary/aromatic N) is 4. The van der Waals surface area contributed by atoms with Gasteiger partial charge in [0.25, 0.3) is 5.82 Å². The monoisotopic (exact) mass is 411 g/mol. The average Bonchev–Trinajstić information content (AvgIpc) is 3.42. The number of rotatable bonds is 4. The molecule has 0 saturated heterocycles. The SMILES string of the molecule is Cc1ccc2c(c1-c1n(-c3c(C(C)C)cccc3C(C)C)cc[n+]1C)Cc1nccn1-2. The van der Waals surface area contributed by atoms with Crippen LogP contribution in [0.1, 0.15) is 67.6 Å². The Hall–Kier alpha value is -3.14. The van der Waals surface area contributed by atoms with Crippen LogP contribution in [-0.4, -0.2) is 14.1 Å². The molecule has 0 atom stereocenters. The predicted molar refractivity (Wildman–Crippen MR) is 125 cm³/mol. The van der Waals surface area contributed by atoms with Crippen LogP contribution in [0, 0.1) is 6.92 Å². The van der Waals surface area contributed by atoms with Crippen LogP contribution in [0.15, 0.2) is 55.1 Å². The molecule has 0 spiro atoms. The van der Waals surface area contributed by atoms with Crippen molar-refractivity contribution < 1.29 is 4.57 Å². The summed E-state index contributed by atoms with van der Waals surface area (Å²) < 4.78 is 6.92. The Morgan fingerprint density at radius 1 is 0.935 bits per heavy atom. The zero-order chi connectivity index (χ0) is 21.9. The first kappa shape index (κ1) is 19.8. The highest BCUT2D eigenvalue weighted by Gasteiger charge is 2.32. The van der Waals surface area contributed by atoms with Gasteiger partial charge in [-0.15, -0.1) is 0 Å². The van der Waals surface area contributed by atoms with Gasteiger partial charge >= 0.3 is 0 Å². The molecule has 0 unspecified atom stereocenters. The molecule has 5 rings (SSSR count). The molecule has 2 aromatic heterocycles. The van der Waals surface area contributed by atoms with Crippen LogP contribution in [0.25, 0.3) is 22.8 Å². The van der Waals surface area contributed by atoms with Gasteiger partial charge in [-0.2, -0.15) is 4.57 Å². The Balaban J connectivity index is 1.81. The van der Waals surface area contributed by atoms with Crippen LogP contribution >= 0.6 is 0 Å². The Labute approximate surface area is 184 Å². The lowest BCUT2D eigenvalue weighted by atomic mass is 9.92. The summed E-state index contributed by atoms with van der Waals surface area (Å²) in [6, 6.07) is 11.3. The van der Waals surface area contributed by atoms with E-state index in [-0.39, 0.29) is 0 Å². The van der Waals surface area contributed by atoms with Crippen LogP contribution in [0.5, 0.6) is 0 Å². The second-order valence-corrected chi connectivity index (χ2v) is 9.34. The maximum Gasteiger partial charge on any atom is 0.294 e. The minimum atomic E-state index is 0.446. The van der Waals surface area contributed by atoms with E-state index >= 15 is 0 Å². The lowest BCUT2D eigenvalue weighted by Crippen LogP contribution is -2.30. The molecule has 3 heterocycles. The second kappa shape index (κ2) is 7.23. The molecular formula is C27H31N4+. The second-order valence-electron chi connectivity index (χ2n) is 9.34. The number of fused-ring (bicyclic) bond motifs is 3. The number of para-hydroxylation sites is 1. The third kappa shape index (κ3) is 2.96. The van der Waals surface area contributed by atoms with Gasteiger partial charge < -0.3 is 4.57 Å². The summed E-state index contributed by atoms with van der Waals surface area (Å²) >= 11 is 0. The van der Waals surface area contributed by atoms with Crippen LogP contribution in [0.2, 0.25) is 0 Å². The number of benzene rings is 2. The van der Waals surface area contributed by atoms with E-state index in [1.54, 1.807) is 0 Å². The minimum absolute atomic E-state index is 0.446. The van der Waals surface area contributed by atoms with Crippen molar-refractivity contribution in [1.82, 2.24) is 14.1 Å². The van der Waals surface area contributed by atoms with Crippen molar-refractivity contribution in [3.05, 3.63) is 83.2 Å². The molecular weight excluding hydrogens is 380 g/mol. The molecule has 0 amide bonds. The summed E-state index contributed by atoms with van der Waals surface area (Å²) in [6.07, 6.45) is 9.25. The van der Waals surface area contributed by atoms with E-state index in [0.29, 0.717) is 11.8 Å². The van der Waals surface area contributed by atoms with E-state index in [9.17, 15) is 0 Å². The van der Waals surface area contributed by atoms with Crippen LogP contribution in [0.3, 0.4) is 0 Å². The molecule has 1 aliphatic heterocycles. The molecule has 2 aromatic carbocycles. The van der Waals surface area contributed by atoms with Gasteiger partial charge in [-0.1, -0.05) is 52.0 Å². The highest BCUT2D eigenvalue weighted by molar-refractivity contribution is 5.73. The van der Waals surface area contributed by atoms with Gasteiger partial charge in [-0.25, -0.2) is 9.55 Å². The Morgan fingerprint density at radius 3 is 2.32 bits per heavy atom. The first-order valence-corrected chi connectivity index (χ1v) is 11.2. The first-order chi connectivity index (χ1) is 14.9. The summed E-state index contributed by atoms with van der Waals surface area (Å²) in [5.41, 5.74) is 9.35. The third-order valence-corrected chi connectivity index (χ3v) is 6.62. The molecule has 0 N–H and O–H groups in total. The zero-order valence-corrected chi connectivity index (χ0v) is 19.3. The van der Waals surface area contributed by atoms with Crippen molar-refractivity contribution in [1.29, 1.82) is 0 Å². The highest BCUT2D eigenvalue weighted by Crippen LogP contribution is 2.39. The number of hydrogen-bond donors (Lipinski definition) is 0. The standard InChI is InChI=1S/C27H31N4/c1-17(2)20-8-7-9-21(18(3)4)26(20)31-15-14-29(6)27(31)25-19(5)10-11-23-22(25)16-24-28-12-13-30(23)24/h7-15,17-18H,16H2,1-6H3/q+1. The lowest BCUT2D eigenvalue weighted by molar-refractivity contribution is -0.659. The quantitative estimate of drug-likeness (QED) is 0.353. The number of aromatic nitrogens is 4. The summed E-state index contributed by atoms with van der Waals surface area (Å²) in [5.74, 6) is 3.24. The van der Waals surface area contributed by atoms with E-state index in [4.69, 9.17) is 0 Å². The highest BCUT2D eigenvalue weighted by atomic mass is 15.1. The normalized spacial score (nSPS) is 12.6. The smallest absolute Gasteiger partial charge is 0.294 e. The van der Waals surface area contributed by atoms with Crippen molar-refractivity contribution in [3.8, 4) is 22.8 Å². The largest absolute Gasteiger partial charge is 0.303 e. The van der Waals surface area contributed by atoms with E-state index in [1.807, 2.05) is 6.20 Å². The molecule has 4 heteroatoms. The minimum Gasteiger partial charge on any atom is -0.303 e. The fraction of sp³-hybridized carbons (Fsp3) is 0.333. The van der Waals surface area contributed by atoms with Gasteiger partial charge in [-0.05, 0) is 36.0 Å². The van der Waals surface area contributed by atoms with Crippen molar-refractivity contribution in [2.24, 2.45) is 7.05 Å². The Kier molecular flexibility index (Phi) is 4.62. The van der Waals surface area contributed by atoms with Crippen molar-refractivity contribution >= 4 is 0 Å². The van der Waals surface area contributed by atoms with Crippen LogP contribution in [0.4, 0.5) is 0 Å². The molecule has 4 nitrogen and oxygen atoms in total. The van der Waals surface area contributed by atoms with Crippen molar-refractivity contribution in [3.63, 3.8) is 0 Å². The zero-order valence-electron chi connectivity index (χ0n) is 19.3. The molecule has 0 radical (unpaired) electrons. The number of aryl methyl sites for hydroxylation is 2. The van der Waals surface area contributed by atoms with Gasteiger partial charge in [0.2, 0.25) is 0 Å². The third-order valence-electron chi connectivity index (χ3n) is 6.62. The van der Waals surface area contributed by atoms with Crippen molar-refractivity contribution in [2.75, 3.05) is 0 Å². The van der Waals surface area contributed by atoms with E-state index < -0.39 is 0 Å². The van der Waals surface area contributed by atoms with Crippen LogP contribution < -0.4 is 4.57 Å². The fourth-order valence-electron chi connectivity index (χ4n) is 5.06. The summed E-state index contributed by atoms with van der Waals surface area (Å²) in [4.78, 5) is 4.59. The van der Waals surface area contributed by atoms with Gasteiger partial charge in [-0.3, -0.25) is 0 Å². The average molecular weight is 412 g/mol. The molecule has 1 aliphatic rings. The lowest BCUT2D eigenvalue weighted by Gasteiger charge is -2.19. The molecule has 0 aliphatic carbocycles. The fourth-order valence-corrected chi connectivity index (χ4v) is 5.06. The topological polar surface area (TPSA) is 26.6 Å². The summed E-state index contributed by atoms with van der Waals surface area (Å²) in [6.45, 7) is 11.4. The number of hydrogen-bond acceptors (Lipinski definition) is 1. The molecule has 31 heavy (non-hydrogen) atoms. The van der Waals surface area contributed by atoms with Crippen LogP contribution in [-0.2, 0) is 13.5 Å². The molecule has 0 bridgehead atoms. The van der Waals surface area contributed by atoms with Gasteiger partial charge in [0.1, 0.15) is 23.9 Å². The molecule has 4 aromatic rings. The maximum absolute atomic E-state index is 4.59. The predicted octanol–water partition coefficient (Wildman–Crippen LogP) is 5.61. The molecule has 0 saturated carbocycles. The number of imidazole rings is 2. The molecule has 158 valence electrons. The Morgan fingerprint density at radius 2 is 1.65 bits per heavy atom. The van der Waals surface area contributed by atoms with Gasteiger partial charge in [0, 0.05) is 29.9 Å². The summed E-state index contributed by atoms with van der Waals surface area (Å²) in [7, 11) is 2.16.